The first-order valence-electron chi connectivity index (χ1n) is 9.56. The van der Waals surface area contributed by atoms with E-state index in [0.29, 0.717) is 19.4 Å². The van der Waals surface area contributed by atoms with Gasteiger partial charge in [0.05, 0.1) is 5.69 Å². The Bertz CT molecular complexity index is 646. The number of likely N-dealkylation sites (tertiary alicyclic amines) is 2. The second-order valence-electron chi connectivity index (χ2n) is 7.40. The molecular weight excluding hydrogens is 316 g/mol. The van der Waals surface area contributed by atoms with Crippen LogP contribution in [0.4, 0.5) is 0 Å². The smallest absolute Gasteiger partial charge is 0.245 e. The molecule has 2 fully saturated rings. The van der Waals surface area contributed by atoms with Crippen molar-refractivity contribution in [3.8, 4) is 0 Å². The molecule has 3 rings (SSSR count). The molecule has 2 aliphatic heterocycles. The third-order valence-corrected chi connectivity index (χ3v) is 5.77. The molecule has 25 heavy (non-hydrogen) atoms. The molecule has 1 aromatic heterocycles. The van der Waals surface area contributed by atoms with Gasteiger partial charge in [-0.3, -0.25) is 14.3 Å². The molecule has 0 aromatic carbocycles. The van der Waals surface area contributed by atoms with Crippen LogP contribution in [-0.4, -0.2) is 57.1 Å². The second kappa shape index (κ2) is 7.58. The Hall–Kier alpha value is -1.85. The maximum absolute atomic E-state index is 12.8. The lowest BCUT2D eigenvalue weighted by Gasteiger charge is -2.32. The zero-order valence-corrected chi connectivity index (χ0v) is 15.8. The van der Waals surface area contributed by atoms with Crippen molar-refractivity contribution in [2.24, 2.45) is 7.05 Å². The normalized spacial score (nSPS) is 21.0. The maximum Gasteiger partial charge on any atom is 0.245 e. The maximum atomic E-state index is 12.8. The predicted molar refractivity (Wildman–Crippen MR) is 96.2 cm³/mol. The van der Waals surface area contributed by atoms with E-state index in [4.69, 9.17) is 0 Å². The van der Waals surface area contributed by atoms with E-state index in [9.17, 15) is 9.59 Å². The van der Waals surface area contributed by atoms with E-state index >= 15 is 0 Å². The van der Waals surface area contributed by atoms with E-state index in [-0.39, 0.29) is 17.9 Å². The molecule has 1 aromatic rings. The fourth-order valence-corrected chi connectivity index (χ4v) is 4.20. The van der Waals surface area contributed by atoms with Crippen molar-refractivity contribution in [1.29, 1.82) is 0 Å². The summed E-state index contributed by atoms with van der Waals surface area (Å²) in [6.45, 7) is 6.45. The third-order valence-electron chi connectivity index (χ3n) is 5.77. The standard InChI is InChI=1S/C19H30N4O2/c1-14-16(15(2)21(3)20-14)9-10-18(24)23-13-7-8-17(23)19(25)22-11-5-4-6-12-22/h17H,4-13H2,1-3H3/t17-/m0/s1. The van der Waals surface area contributed by atoms with E-state index in [1.807, 2.05) is 35.4 Å². The highest BCUT2D eigenvalue weighted by molar-refractivity contribution is 5.88. The SMILES string of the molecule is Cc1nn(C)c(C)c1CCC(=O)N1CCC[C@H]1C(=O)N1CCCCC1. The van der Waals surface area contributed by atoms with E-state index in [1.165, 1.54) is 6.42 Å². The minimum Gasteiger partial charge on any atom is -0.341 e. The van der Waals surface area contributed by atoms with Crippen molar-refractivity contribution < 1.29 is 9.59 Å². The zero-order chi connectivity index (χ0) is 18.0. The van der Waals surface area contributed by atoms with Crippen LogP contribution in [0.5, 0.6) is 0 Å². The van der Waals surface area contributed by atoms with Gasteiger partial charge in [0.15, 0.2) is 0 Å². The lowest BCUT2D eigenvalue weighted by molar-refractivity contribution is -0.144. The molecular formula is C19H30N4O2. The largest absolute Gasteiger partial charge is 0.341 e. The fourth-order valence-electron chi connectivity index (χ4n) is 4.20. The van der Waals surface area contributed by atoms with Gasteiger partial charge in [-0.15, -0.1) is 0 Å². The minimum absolute atomic E-state index is 0.107. The monoisotopic (exact) mass is 346 g/mol. The van der Waals surface area contributed by atoms with E-state index < -0.39 is 0 Å². The van der Waals surface area contributed by atoms with Gasteiger partial charge in [0, 0.05) is 38.8 Å². The van der Waals surface area contributed by atoms with E-state index in [0.717, 1.165) is 55.7 Å². The van der Waals surface area contributed by atoms with Gasteiger partial charge in [0.25, 0.3) is 0 Å². The number of hydrogen-bond donors (Lipinski definition) is 0. The molecule has 6 heteroatoms. The summed E-state index contributed by atoms with van der Waals surface area (Å²) in [6, 6.07) is -0.235. The minimum atomic E-state index is -0.235. The fraction of sp³-hybridized carbons (Fsp3) is 0.737. The number of hydrogen-bond acceptors (Lipinski definition) is 3. The molecule has 2 saturated heterocycles. The number of piperidine rings is 1. The highest BCUT2D eigenvalue weighted by Gasteiger charge is 2.36. The molecule has 0 radical (unpaired) electrons. The second-order valence-corrected chi connectivity index (χ2v) is 7.40. The first-order chi connectivity index (χ1) is 12.0. The van der Waals surface area contributed by atoms with E-state index in [2.05, 4.69) is 5.10 Å². The Balaban J connectivity index is 1.61. The summed E-state index contributed by atoms with van der Waals surface area (Å²) in [5.41, 5.74) is 3.27. The van der Waals surface area contributed by atoms with Crippen LogP contribution in [0.2, 0.25) is 0 Å². The quantitative estimate of drug-likeness (QED) is 0.837. The highest BCUT2D eigenvalue weighted by Crippen LogP contribution is 2.23. The molecule has 0 N–H and O–H groups in total. The van der Waals surface area contributed by atoms with Gasteiger partial charge in [-0.2, -0.15) is 5.10 Å². The van der Waals surface area contributed by atoms with Crippen molar-refractivity contribution in [2.45, 2.75) is 64.8 Å². The summed E-state index contributed by atoms with van der Waals surface area (Å²) < 4.78 is 1.87. The van der Waals surface area contributed by atoms with Gasteiger partial charge >= 0.3 is 0 Å². The average Bonchev–Trinajstić information content (AvgIpc) is 3.19. The summed E-state index contributed by atoms with van der Waals surface area (Å²) in [7, 11) is 1.93. The van der Waals surface area contributed by atoms with E-state index in [1.54, 1.807) is 0 Å². The Morgan fingerprint density at radius 1 is 1.08 bits per heavy atom. The van der Waals surface area contributed by atoms with Crippen molar-refractivity contribution in [3.05, 3.63) is 17.0 Å². The lowest BCUT2D eigenvalue weighted by Crippen LogP contribution is -2.49. The van der Waals surface area contributed by atoms with Gasteiger partial charge in [-0.05, 0) is 57.9 Å². The molecule has 2 amide bonds. The van der Waals surface area contributed by atoms with Crippen LogP contribution >= 0.6 is 0 Å². The number of aromatic nitrogens is 2. The Kier molecular flexibility index (Phi) is 5.45. The van der Waals surface area contributed by atoms with Crippen LogP contribution in [0, 0.1) is 13.8 Å². The number of aryl methyl sites for hydroxylation is 2. The summed E-state index contributed by atoms with van der Waals surface area (Å²) in [5, 5.41) is 4.42. The van der Waals surface area contributed by atoms with Crippen molar-refractivity contribution in [3.63, 3.8) is 0 Å². The molecule has 138 valence electrons. The third kappa shape index (κ3) is 3.72. The predicted octanol–water partition coefficient (Wildman–Crippen LogP) is 1.97. The molecule has 0 saturated carbocycles. The summed E-state index contributed by atoms with van der Waals surface area (Å²) in [5.74, 6) is 0.273. The lowest BCUT2D eigenvalue weighted by atomic mass is 10.1. The Morgan fingerprint density at radius 2 is 1.80 bits per heavy atom. The van der Waals surface area contributed by atoms with Crippen LogP contribution in [0.15, 0.2) is 0 Å². The van der Waals surface area contributed by atoms with Crippen molar-refractivity contribution in [2.75, 3.05) is 19.6 Å². The Labute approximate surface area is 150 Å². The summed E-state index contributed by atoms with van der Waals surface area (Å²) in [6.07, 6.45) is 6.29. The highest BCUT2D eigenvalue weighted by atomic mass is 16.2. The van der Waals surface area contributed by atoms with Crippen molar-refractivity contribution >= 4 is 11.8 Å². The number of carbonyl (C=O) groups is 2. The summed E-state index contributed by atoms with van der Waals surface area (Å²) >= 11 is 0. The molecule has 0 bridgehead atoms. The van der Waals surface area contributed by atoms with Crippen LogP contribution in [-0.2, 0) is 23.1 Å². The van der Waals surface area contributed by atoms with Crippen LogP contribution in [0.1, 0.15) is 55.5 Å². The molecule has 6 nitrogen and oxygen atoms in total. The molecule has 2 aliphatic rings. The van der Waals surface area contributed by atoms with Gasteiger partial charge in [0.1, 0.15) is 6.04 Å². The zero-order valence-electron chi connectivity index (χ0n) is 15.8. The molecule has 0 spiro atoms. The first kappa shape index (κ1) is 18.0. The van der Waals surface area contributed by atoms with Crippen LogP contribution in [0.3, 0.4) is 0 Å². The average molecular weight is 346 g/mol. The molecule has 0 unspecified atom stereocenters. The molecule has 1 atom stereocenters. The van der Waals surface area contributed by atoms with Gasteiger partial charge in [0.2, 0.25) is 11.8 Å². The van der Waals surface area contributed by atoms with Gasteiger partial charge in [-0.1, -0.05) is 0 Å². The number of rotatable bonds is 4. The van der Waals surface area contributed by atoms with Gasteiger partial charge < -0.3 is 9.80 Å². The van der Waals surface area contributed by atoms with Crippen LogP contribution < -0.4 is 0 Å². The first-order valence-corrected chi connectivity index (χ1v) is 9.56. The topological polar surface area (TPSA) is 58.4 Å². The summed E-state index contributed by atoms with van der Waals surface area (Å²) in [4.78, 5) is 29.4. The number of carbonyl (C=O) groups excluding carboxylic acids is 2. The molecule has 3 heterocycles. The molecule has 0 aliphatic carbocycles. The van der Waals surface area contributed by atoms with Gasteiger partial charge in [-0.25, -0.2) is 0 Å². The Morgan fingerprint density at radius 3 is 2.44 bits per heavy atom. The van der Waals surface area contributed by atoms with Crippen LogP contribution in [0.25, 0.3) is 0 Å². The van der Waals surface area contributed by atoms with Crippen molar-refractivity contribution in [1.82, 2.24) is 19.6 Å². The number of nitrogens with zero attached hydrogens (tertiary/aromatic N) is 4. The number of amides is 2.